The smallest absolute Gasteiger partial charge is 0.337 e. The third kappa shape index (κ3) is 4.26. The number of rotatable bonds is 4. The van der Waals surface area contributed by atoms with Crippen molar-refractivity contribution >= 4 is 27.9 Å². The number of hydrogen-bond acceptors (Lipinski definition) is 4. The molecule has 0 unspecified atom stereocenters. The first-order valence-corrected chi connectivity index (χ1v) is 8.99. The molecule has 0 bridgehead atoms. The van der Waals surface area contributed by atoms with Crippen molar-refractivity contribution in [3.8, 4) is 22.3 Å². The lowest BCUT2D eigenvalue weighted by atomic mass is 9.98. The van der Waals surface area contributed by atoms with Gasteiger partial charge in [0, 0.05) is 4.47 Å². The molecule has 0 spiro atoms. The van der Waals surface area contributed by atoms with Gasteiger partial charge in [0.25, 0.3) is 0 Å². The minimum atomic E-state index is -0.359. The van der Waals surface area contributed by atoms with Crippen LogP contribution in [0.1, 0.15) is 20.7 Å². The maximum atomic E-state index is 11.6. The molecule has 0 aromatic heterocycles. The molecule has 0 saturated heterocycles. The summed E-state index contributed by atoms with van der Waals surface area (Å²) in [7, 11) is 2.73. The Morgan fingerprint density at radius 2 is 1.00 bits per heavy atom. The molecule has 5 heteroatoms. The Morgan fingerprint density at radius 3 is 1.33 bits per heavy atom. The van der Waals surface area contributed by atoms with E-state index in [0.29, 0.717) is 11.1 Å². The van der Waals surface area contributed by atoms with E-state index in [4.69, 9.17) is 9.47 Å². The van der Waals surface area contributed by atoms with Gasteiger partial charge >= 0.3 is 11.9 Å². The van der Waals surface area contributed by atoms with Crippen LogP contribution in [-0.4, -0.2) is 26.2 Å². The van der Waals surface area contributed by atoms with E-state index in [-0.39, 0.29) is 11.9 Å². The normalized spacial score (nSPS) is 10.3. The molecule has 3 aromatic rings. The second-order valence-electron chi connectivity index (χ2n) is 5.87. The first kappa shape index (κ1) is 18.9. The van der Waals surface area contributed by atoms with Crippen LogP contribution in [0.2, 0.25) is 0 Å². The van der Waals surface area contributed by atoms with Gasteiger partial charge in [-0.25, -0.2) is 9.59 Å². The van der Waals surface area contributed by atoms with Crippen LogP contribution >= 0.6 is 15.9 Å². The van der Waals surface area contributed by atoms with E-state index < -0.39 is 0 Å². The molecule has 136 valence electrons. The lowest BCUT2D eigenvalue weighted by Crippen LogP contribution is -2.00. The van der Waals surface area contributed by atoms with Gasteiger partial charge in [0.05, 0.1) is 25.3 Å². The summed E-state index contributed by atoms with van der Waals surface area (Å²) in [4.78, 5) is 23.2. The Hall–Kier alpha value is -2.92. The number of methoxy groups -OCH3 is 2. The summed E-state index contributed by atoms with van der Waals surface area (Å²) in [5.41, 5.74) is 5.00. The Kier molecular flexibility index (Phi) is 5.72. The minimum absolute atomic E-state index is 0.359. The number of halogens is 1. The second-order valence-corrected chi connectivity index (χ2v) is 6.78. The van der Waals surface area contributed by atoms with Crippen LogP contribution in [-0.2, 0) is 9.47 Å². The Morgan fingerprint density at radius 1 is 0.630 bits per heavy atom. The van der Waals surface area contributed by atoms with Crippen molar-refractivity contribution in [2.24, 2.45) is 0 Å². The lowest BCUT2D eigenvalue weighted by molar-refractivity contribution is 0.0592. The van der Waals surface area contributed by atoms with E-state index in [1.165, 1.54) is 14.2 Å². The number of carbonyl (C=O) groups is 2. The molecule has 0 N–H and O–H groups in total. The second kappa shape index (κ2) is 8.18. The quantitative estimate of drug-likeness (QED) is 0.529. The van der Waals surface area contributed by atoms with Crippen molar-refractivity contribution in [2.45, 2.75) is 0 Å². The fourth-order valence-electron chi connectivity index (χ4n) is 2.76. The van der Waals surface area contributed by atoms with Crippen molar-refractivity contribution in [1.82, 2.24) is 0 Å². The van der Waals surface area contributed by atoms with Gasteiger partial charge in [0.2, 0.25) is 0 Å². The SMILES string of the molecule is COC(=O)c1ccc(-c2cc(Br)cc(-c3ccc(C(=O)OC)cc3)c2)cc1. The van der Waals surface area contributed by atoms with Gasteiger partial charge in [-0.2, -0.15) is 0 Å². The van der Waals surface area contributed by atoms with Crippen molar-refractivity contribution in [3.05, 3.63) is 82.3 Å². The number of ether oxygens (including phenoxy) is 2. The van der Waals surface area contributed by atoms with Gasteiger partial charge in [-0.15, -0.1) is 0 Å². The largest absolute Gasteiger partial charge is 0.465 e. The molecule has 0 radical (unpaired) electrons. The standard InChI is InChI=1S/C22H17BrO4/c1-26-21(24)16-7-3-14(4-8-16)18-11-19(13-20(23)12-18)15-5-9-17(10-6-15)22(25)27-2/h3-13H,1-2H3. The molecule has 3 rings (SSSR count). The molecular weight excluding hydrogens is 408 g/mol. The first-order chi connectivity index (χ1) is 13.0. The van der Waals surface area contributed by atoms with Crippen LogP contribution in [0.5, 0.6) is 0 Å². The molecule has 0 aliphatic heterocycles. The highest BCUT2D eigenvalue weighted by Gasteiger charge is 2.09. The van der Waals surface area contributed by atoms with Crippen LogP contribution in [0, 0.1) is 0 Å². The minimum Gasteiger partial charge on any atom is -0.465 e. The maximum absolute atomic E-state index is 11.6. The van der Waals surface area contributed by atoms with Crippen molar-refractivity contribution in [1.29, 1.82) is 0 Å². The summed E-state index contributed by atoms with van der Waals surface area (Å²) in [6.45, 7) is 0. The Labute approximate surface area is 165 Å². The molecule has 0 aliphatic rings. The van der Waals surface area contributed by atoms with Gasteiger partial charge in [0.15, 0.2) is 0 Å². The van der Waals surface area contributed by atoms with Crippen LogP contribution in [0.3, 0.4) is 0 Å². The highest BCUT2D eigenvalue weighted by Crippen LogP contribution is 2.31. The van der Waals surface area contributed by atoms with E-state index >= 15 is 0 Å². The molecule has 0 heterocycles. The topological polar surface area (TPSA) is 52.6 Å². The number of benzene rings is 3. The zero-order chi connectivity index (χ0) is 19.4. The fraction of sp³-hybridized carbons (Fsp3) is 0.0909. The average Bonchev–Trinajstić information content (AvgIpc) is 2.72. The summed E-state index contributed by atoms with van der Waals surface area (Å²) in [5.74, 6) is -0.718. The highest BCUT2D eigenvalue weighted by molar-refractivity contribution is 9.10. The van der Waals surface area contributed by atoms with E-state index in [2.05, 4.69) is 22.0 Å². The van der Waals surface area contributed by atoms with Crippen molar-refractivity contribution < 1.29 is 19.1 Å². The third-order valence-corrected chi connectivity index (χ3v) is 4.63. The number of hydrogen-bond donors (Lipinski definition) is 0. The van der Waals surface area contributed by atoms with Crippen LogP contribution in [0.4, 0.5) is 0 Å². The van der Waals surface area contributed by atoms with E-state index in [1.54, 1.807) is 24.3 Å². The summed E-state index contributed by atoms with van der Waals surface area (Å²) >= 11 is 3.56. The van der Waals surface area contributed by atoms with E-state index in [9.17, 15) is 9.59 Å². The predicted octanol–water partition coefficient (Wildman–Crippen LogP) is 5.36. The molecule has 0 saturated carbocycles. The van der Waals surface area contributed by atoms with E-state index in [0.717, 1.165) is 26.7 Å². The summed E-state index contributed by atoms with van der Waals surface area (Å²) in [6, 6.07) is 20.6. The molecule has 4 nitrogen and oxygen atoms in total. The summed E-state index contributed by atoms with van der Waals surface area (Å²) < 4.78 is 10.4. The van der Waals surface area contributed by atoms with Crippen molar-refractivity contribution in [3.63, 3.8) is 0 Å². The molecule has 0 aliphatic carbocycles. The number of esters is 2. The summed E-state index contributed by atoms with van der Waals surface area (Å²) in [6.07, 6.45) is 0. The molecule has 0 amide bonds. The van der Waals surface area contributed by atoms with Crippen molar-refractivity contribution in [2.75, 3.05) is 14.2 Å². The summed E-state index contributed by atoms with van der Waals surface area (Å²) in [5, 5.41) is 0. The maximum Gasteiger partial charge on any atom is 0.337 e. The molecule has 3 aromatic carbocycles. The highest BCUT2D eigenvalue weighted by atomic mass is 79.9. The predicted molar refractivity (Wildman–Crippen MR) is 108 cm³/mol. The zero-order valence-corrected chi connectivity index (χ0v) is 16.4. The van der Waals surface area contributed by atoms with Crippen LogP contribution in [0.25, 0.3) is 22.3 Å². The average molecular weight is 425 g/mol. The van der Waals surface area contributed by atoms with E-state index in [1.807, 2.05) is 36.4 Å². The Bertz CT molecular complexity index is 898. The molecule has 27 heavy (non-hydrogen) atoms. The van der Waals surface area contributed by atoms with Gasteiger partial charge in [-0.1, -0.05) is 40.2 Å². The van der Waals surface area contributed by atoms with Crippen LogP contribution < -0.4 is 0 Å². The fourth-order valence-corrected chi connectivity index (χ4v) is 3.25. The molecule has 0 fully saturated rings. The Balaban J connectivity index is 1.95. The van der Waals surface area contributed by atoms with Gasteiger partial charge in [-0.3, -0.25) is 0 Å². The van der Waals surface area contributed by atoms with Gasteiger partial charge in [0.1, 0.15) is 0 Å². The molecule has 0 atom stereocenters. The molecular formula is C22H17BrO4. The third-order valence-electron chi connectivity index (χ3n) is 4.18. The van der Waals surface area contributed by atoms with Crippen LogP contribution in [0.15, 0.2) is 71.2 Å². The van der Waals surface area contributed by atoms with Gasteiger partial charge < -0.3 is 9.47 Å². The van der Waals surface area contributed by atoms with Gasteiger partial charge in [-0.05, 0) is 64.7 Å². The first-order valence-electron chi connectivity index (χ1n) is 8.20. The monoisotopic (exact) mass is 424 g/mol. The zero-order valence-electron chi connectivity index (χ0n) is 14.9. The lowest BCUT2D eigenvalue weighted by Gasteiger charge is -2.09. The number of carbonyl (C=O) groups excluding carboxylic acids is 2.